The molecular weight excluding hydrogens is 422 g/mol. The summed E-state index contributed by atoms with van der Waals surface area (Å²) < 4.78 is 1.04. The standard InChI is InChI=1S/C25H16BrN3/c26-20-12-10-18(11-13-20)23-15-24(29-25(28-23)19-7-4-14-27-16-19)22-9-3-6-17-5-1-2-8-21(17)22/h1-16H. The van der Waals surface area contributed by atoms with Gasteiger partial charge in [0.15, 0.2) is 5.82 Å². The number of aromatic nitrogens is 3. The summed E-state index contributed by atoms with van der Waals surface area (Å²) in [6, 6.07) is 28.8. The lowest BCUT2D eigenvalue weighted by Crippen LogP contribution is -1.96. The number of hydrogen-bond acceptors (Lipinski definition) is 3. The lowest BCUT2D eigenvalue weighted by Gasteiger charge is -2.11. The van der Waals surface area contributed by atoms with E-state index in [-0.39, 0.29) is 0 Å². The first-order chi connectivity index (χ1) is 14.3. The van der Waals surface area contributed by atoms with Gasteiger partial charge in [0.25, 0.3) is 0 Å². The molecule has 4 heteroatoms. The summed E-state index contributed by atoms with van der Waals surface area (Å²) in [5, 5.41) is 2.37. The molecule has 0 radical (unpaired) electrons. The fraction of sp³-hybridized carbons (Fsp3) is 0. The lowest BCUT2D eigenvalue weighted by molar-refractivity contribution is 1.17. The van der Waals surface area contributed by atoms with Gasteiger partial charge >= 0.3 is 0 Å². The quantitative estimate of drug-likeness (QED) is 0.311. The Morgan fingerprint density at radius 3 is 2.28 bits per heavy atom. The van der Waals surface area contributed by atoms with Crippen molar-refractivity contribution in [2.24, 2.45) is 0 Å². The van der Waals surface area contributed by atoms with E-state index in [1.165, 1.54) is 10.8 Å². The highest BCUT2D eigenvalue weighted by Gasteiger charge is 2.12. The molecule has 0 fully saturated rings. The number of benzene rings is 3. The van der Waals surface area contributed by atoms with Gasteiger partial charge in [-0.25, -0.2) is 9.97 Å². The molecule has 0 unspecified atom stereocenters. The van der Waals surface area contributed by atoms with Crippen LogP contribution in [0.15, 0.2) is 102 Å². The summed E-state index contributed by atoms with van der Waals surface area (Å²) in [5.41, 5.74) is 4.81. The second-order valence-corrected chi connectivity index (χ2v) is 7.65. The molecule has 0 aliphatic heterocycles. The van der Waals surface area contributed by atoms with Crippen molar-refractivity contribution in [2.45, 2.75) is 0 Å². The fourth-order valence-corrected chi connectivity index (χ4v) is 3.69. The van der Waals surface area contributed by atoms with Gasteiger partial charge in [-0.3, -0.25) is 4.98 Å². The third-order valence-electron chi connectivity index (χ3n) is 4.85. The summed E-state index contributed by atoms with van der Waals surface area (Å²) in [6.07, 6.45) is 3.56. The van der Waals surface area contributed by atoms with Gasteiger partial charge < -0.3 is 0 Å². The highest BCUT2D eigenvalue weighted by atomic mass is 79.9. The maximum Gasteiger partial charge on any atom is 0.161 e. The minimum absolute atomic E-state index is 0.668. The van der Waals surface area contributed by atoms with Crippen LogP contribution in [0.1, 0.15) is 0 Å². The SMILES string of the molecule is Brc1ccc(-c2cc(-c3cccc4ccccc34)nc(-c3cccnc3)n2)cc1. The molecule has 0 saturated carbocycles. The van der Waals surface area contributed by atoms with Gasteiger partial charge in [0.1, 0.15) is 0 Å². The average molecular weight is 438 g/mol. The van der Waals surface area contributed by atoms with Gasteiger partial charge in [0.2, 0.25) is 0 Å². The van der Waals surface area contributed by atoms with E-state index >= 15 is 0 Å². The van der Waals surface area contributed by atoms with Gasteiger partial charge in [0, 0.05) is 33.6 Å². The second kappa shape index (κ2) is 7.57. The van der Waals surface area contributed by atoms with Crippen molar-refractivity contribution < 1.29 is 0 Å². The zero-order valence-electron chi connectivity index (χ0n) is 15.5. The van der Waals surface area contributed by atoms with Gasteiger partial charge in [-0.1, -0.05) is 70.5 Å². The van der Waals surface area contributed by atoms with E-state index in [4.69, 9.17) is 9.97 Å². The number of rotatable bonds is 3. The minimum atomic E-state index is 0.668. The summed E-state index contributed by atoms with van der Waals surface area (Å²) in [7, 11) is 0. The van der Waals surface area contributed by atoms with Gasteiger partial charge in [-0.15, -0.1) is 0 Å². The van der Waals surface area contributed by atoms with Crippen LogP contribution in [0.5, 0.6) is 0 Å². The second-order valence-electron chi connectivity index (χ2n) is 6.74. The number of halogens is 1. The zero-order valence-corrected chi connectivity index (χ0v) is 17.0. The number of pyridine rings is 1. The molecule has 0 spiro atoms. The predicted molar refractivity (Wildman–Crippen MR) is 121 cm³/mol. The molecule has 0 N–H and O–H groups in total. The molecule has 0 amide bonds. The van der Waals surface area contributed by atoms with Crippen LogP contribution >= 0.6 is 15.9 Å². The lowest BCUT2D eigenvalue weighted by atomic mass is 10.0. The van der Waals surface area contributed by atoms with Gasteiger partial charge in [0.05, 0.1) is 11.4 Å². The number of hydrogen-bond donors (Lipinski definition) is 0. The molecule has 5 aromatic rings. The first-order valence-corrected chi connectivity index (χ1v) is 10.1. The first-order valence-electron chi connectivity index (χ1n) is 9.31. The smallest absolute Gasteiger partial charge is 0.161 e. The number of nitrogens with zero attached hydrogens (tertiary/aromatic N) is 3. The van der Waals surface area contributed by atoms with Crippen molar-refractivity contribution in [3.8, 4) is 33.9 Å². The highest BCUT2D eigenvalue weighted by Crippen LogP contribution is 2.31. The zero-order chi connectivity index (χ0) is 19.6. The average Bonchev–Trinajstić information content (AvgIpc) is 2.79. The predicted octanol–water partition coefficient (Wildman–Crippen LogP) is 6.79. The Labute approximate surface area is 177 Å². The summed E-state index contributed by atoms with van der Waals surface area (Å²) in [5.74, 6) is 0.668. The van der Waals surface area contributed by atoms with E-state index in [1.807, 2.05) is 24.3 Å². The van der Waals surface area contributed by atoms with Crippen LogP contribution in [0, 0.1) is 0 Å². The third kappa shape index (κ3) is 3.55. The Morgan fingerprint density at radius 2 is 1.45 bits per heavy atom. The Kier molecular flexibility index (Phi) is 4.62. The Hall–Kier alpha value is -3.37. The van der Waals surface area contributed by atoms with Gasteiger partial charge in [-0.05, 0) is 41.1 Å². The molecule has 0 saturated heterocycles. The maximum atomic E-state index is 4.91. The highest BCUT2D eigenvalue weighted by molar-refractivity contribution is 9.10. The Bertz CT molecular complexity index is 1290. The monoisotopic (exact) mass is 437 g/mol. The molecule has 2 heterocycles. The van der Waals surface area contributed by atoms with Crippen LogP contribution in [-0.2, 0) is 0 Å². The van der Waals surface area contributed by atoms with Crippen molar-refractivity contribution in [3.05, 3.63) is 102 Å². The van der Waals surface area contributed by atoms with Crippen LogP contribution in [0.25, 0.3) is 44.7 Å². The van der Waals surface area contributed by atoms with E-state index in [2.05, 4.69) is 81.6 Å². The van der Waals surface area contributed by atoms with Gasteiger partial charge in [-0.2, -0.15) is 0 Å². The van der Waals surface area contributed by atoms with Crippen LogP contribution in [0.3, 0.4) is 0 Å². The Balaban J connectivity index is 1.76. The fourth-order valence-electron chi connectivity index (χ4n) is 3.43. The molecule has 138 valence electrons. The van der Waals surface area contributed by atoms with E-state index in [1.54, 1.807) is 12.4 Å². The van der Waals surface area contributed by atoms with Crippen molar-refractivity contribution in [1.82, 2.24) is 15.0 Å². The third-order valence-corrected chi connectivity index (χ3v) is 5.38. The maximum absolute atomic E-state index is 4.91. The largest absolute Gasteiger partial charge is 0.264 e. The molecule has 0 aliphatic carbocycles. The molecule has 0 aliphatic rings. The molecular formula is C25H16BrN3. The molecule has 3 nitrogen and oxygen atoms in total. The summed E-state index contributed by atoms with van der Waals surface area (Å²) in [4.78, 5) is 14.0. The molecule has 29 heavy (non-hydrogen) atoms. The summed E-state index contributed by atoms with van der Waals surface area (Å²) in [6.45, 7) is 0. The van der Waals surface area contributed by atoms with Crippen molar-refractivity contribution >= 4 is 26.7 Å². The van der Waals surface area contributed by atoms with Crippen molar-refractivity contribution in [3.63, 3.8) is 0 Å². The van der Waals surface area contributed by atoms with E-state index in [0.717, 1.165) is 32.6 Å². The van der Waals surface area contributed by atoms with E-state index in [9.17, 15) is 0 Å². The van der Waals surface area contributed by atoms with E-state index in [0.29, 0.717) is 5.82 Å². The van der Waals surface area contributed by atoms with Crippen LogP contribution in [-0.4, -0.2) is 15.0 Å². The molecule has 0 bridgehead atoms. The molecule has 0 atom stereocenters. The number of fused-ring (bicyclic) bond motifs is 1. The summed E-state index contributed by atoms with van der Waals surface area (Å²) >= 11 is 3.51. The van der Waals surface area contributed by atoms with Crippen LogP contribution < -0.4 is 0 Å². The van der Waals surface area contributed by atoms with E-state index < -0.39 is 0 Å². The van der Waals surface area contributed by atoms with Crippen LogP contribution in [0.2, 0.25) is 0 Å². The van der Waals surface area contributed by atoms with Crippen LogP contribution in [0.4, 0.5) is 0 Å². The van der Waals surface area contributed by atoms with Crippen molar-refractivity contribution in [2.75, 3.05) is 0 Å². The van der Waals surface area contributed by atoms with Crippen molar-refractivity contribution in [1.29, 1.82) is 0 Å². The minimum Gasteiger partial charge on any atom is -0.264 e. The normalized spacial score (nSPS) is 10.9. The first kappa shape index (κ1) is 17.7. The topological polar surface area (TPSA) is 38.7 Å². The Morgan fingerprint density at radius 1 is 0.655 bits per heavy atom. The molecule has 2 aromatic heterocycles. The molecule has 3 aromatic carbocycles. The molecule has 5 rings (SSSR count).